The third-order valence-electron chi connectivity index (χ3n) is 1.95. The molecule has 9 heteroatoms. The zero-order chi connectivity index (χ0) is 14.6. The van der Waals surface area contributed by atoms with Crippen LogP contribution in [0.5, 0.6) is 5.75 Å². The minimum Gasteiger partial charge on any atom is -0.487 e. The summed E-state index contributed by atoms with van der Waals surface area (Å²) < 4.78 is 27.3. The summed E-state index contributed by atoms with van der Waals surface area (Å²) in [7, 11) is 1.11. The average Bonchev–Trinajstić information content (AvgIpc) is 2.34. The van der Waals surface area contributed by atoms with Gasteiger partial charge in [0.15, 0.2) is 0 Å². The van der Waals surface area contributed by atoms with Gasteiger partial charge in [-0.2, -0.15) is 0 Å². The van der Waals surface area contributed by atoms with Crippen LogP contribution in [0.2, 0.25) is 0 Å². The molecule has 1 aromatic rings. The number of aromatic carboxylic acids is 1. The van der Waals surface area contributed by atoms with Crippen LogP contribution in [-0.4, -0.2) is 26.1 Å². The summed E-state index contributed by atoms with van der Waals surface area (Å²) >= 11 is 10.9. The first kappa shape index (κ1) is 16.1. The SMILES string of the molecule is O=C(O)c1cc(S(=O)(=O)Cl)ccc1OC/C(Cl)=C/Cl. The van der Waals surface area contributed by atoms with Crippen LogP contribution in [-0.2, 0) is 9.05 Å². The van der Waals surface area contributed by atoms with Gasteiger partial charge in [0.1, 0.15) is 17.9 Å². The lowest BCUT2D eigenvalue weighted by Crippen LogP contribution is -2.06. The lowest BCUT2D eigenvalue weighted by atomic mass is 10.2. The third-order valence-corrected chi connectivity index (χ3v) is 3.89. The summed E-state index contributed by atoms with van der Waals surface area (Å²) in [6.07, 6.45) is 0. The van der Waals surface area contributed by atoms with Crippen molar-refractivity contribution in [3.63, 3.8) is 0 Å². The molecule has 0 aliphatic rings. The molecule has 0 saturated heterocycles. The zero-order valence-electron chi connectivity index (χ0n) is 9.14. The number of hydrogen-bond donors (Lipinski definition) is 1. The quantitative estimate of drug-likeness (QED) is 0.830. The maximum Gasteiger partial charge on any atom is 0.339 e. The molecule has 104 valence electrons. The molecule has 1 aromatic carbocycles. The van der Waals surface area contributed by atoms with Crippen LogP contribution in [0, 0.1) is 0 Å². The van der Waals surface area contributed by atoms with Gasteiger partial charge in [-0.15, -0.1) is 0 Å². The predicted octanol–water partition coefficient (Wildman–Crippen LogP) is 3.01. The Morgan fingerprint density at radius 2 is 2.05 bits per heavy atom. The number of carboxylic acids is 1. The van der Waals surface area contributed by atoms with Gasteiger partial charge in [-0.05, 0) is 18.2 Å². The van der Waals surface area contributed by atoms with Crippen molar-refractivity contribution in [1.82, 2.24) is 0 Å². The highest BCUT2D eigenvalue weighted by atomic mass is 35.7. The molecule has 0 heterocycles. The number of halogens is 3. The highest BCUT2D eigenvalue weighted by Gasteiger charge is 2.18. The normalized spacial score (nSPS) is 12.3. The average molecular weight is 346 g/mol. The minimum atomic E-state index is -4.02. The van der Waals surface area contributed by atoms with E-state index in [-0.39, 0.29) is 27.8 Å². The molecular formula is C10H7Cl3O5S. The van der Waals surface area contributed by atoms with Crippen molar-refractivity contribution in [3.05, 3.63) is 34.3 Å². The van der Waals surface area contributed by atoms with Crippen molar-refractivity contribution >= 4 is 48.9 Å². The Balaban J connectivity index is 3.16. The topological polar surface area (TPSA) is 80.7 Å². The van der Waals surface area contributed by atoms with Gasteiger partial charge in [0.2, 0.25) is 0 Å². The lowest BCUT2D eigenvalue weighted by Gasteiger charge is -2.09. The Morgan fingerprint density at radius 3 is 2.53 bits per heavy atom. The first-order chi connectivity index (χ1) is 8.75. The fourth-order valence-corrected chi connectivity index (χ4v) is 2.03. The van der Waals surface area contributed by atoms with E-state index in [1.54, 1.807) is 0 Å². The summed E-state index contributed by atoms with van der Waals surface area (Å²) in [6.45, 7) is -0.141. The Kier molecular flexibility index (Phi) is 5.49. The summed E-state index contributed by atoms with van der Waals surface area (Å²) in [5, 5.41) is 9.15. The van der Waals surface area contributed by atoms with Gasteiger partial charge in [0.25, 0.3) is 9.05 Å². The number of hydrogen-bond acceptors (Lipinski definition) is 4. The second-order valence-corrected chi connectivity index (χ2v) is 6.52. The standard InChI is InChI=1S/C10H7Cl3O5S/c11-4-6(12)5-18-9-2-1-7(19(13,16)17)3-8(9)10(14)15/h1-4H,5H2,(H,14,15)/b6-4-. The molecule has 0 aliphatic heterocycles. The van der Waals surface area contributed by atoms with E-state index in [2.05, 4.69) is 0 Å². The summed E-state index contributed by atoms with van der Waals surface area (Å²) in [5.74, 6) is -1.41. The van der Waals surface area contributed by atoms with E-state index < -0.39 is 15.0 Å². The van der Waals surface area contributed by atoms with Crippen LogP contribution in [0.4, 0.5) is 0 Å². The molecule has 0 spiro atoms. The molecule has 0 bridgehead atoms. The molecule has 0 unspecified atom stereocenters. The lowest BCUT2D eigenvalue weighted by molar-refractivity contribution is 0.0692. The van der Waals surface area contributed by atoms with Gasteiger partial charge in [-0.3, -0.25) is 0 Å². The molecule has 5 nitrogen and oxygen atoms in total. The van der Waals surface area contributed by atoms with Gasteiger partial charge in [0, 0.05) is 16.2 Å². The molecular weight excluding hydrogens is 339 g/mol. The van der Waals surface area contributed by atoms with E-state index in [4.69, 9.17) is 43.7 Å². The number of benzene rings is 1. The van der Waals surface area contributed by atoms with Crippen molar-refractivity contribution in [2.75, 3.05) is 6.61 Å². The molecule has 0 amide bonds. The molecule has 1 rings (SSSR count). The van der Waals surface area contributed by atoms with Crippen LogP contribution in [0.25, 0.3) is 0 Å². The Morgan fingerprint density at radius 1 is 1.42 bits per heavy atom. The minimum absolute atomic E-state index is 0.0479. The molecule has 0 fully saturated rings. The monoisotopic (exact) mass is 344 g/mol. The number of carbonyl (C=O) groups is 1. The van der Waals surface area contributed by atoms with Crippen LogP contribution in [0.15, 0.2) is 33.7 Å². The maximum atomic E-state index is 11.1. The first-order valence-corrected chi connectivity index (χ1v) is 7.77. The van der Waals surface area contributed by atoms with E-state index in [0.29, 0.717) is 0 Å². The molecule has 0 radical (unpaired) electrons. The van der Waals surface area contributed by atoms with Crippen molar-refractivity contribution in [1.29, 1.82) is 0 Å². The van der Waals surface area contributed by atoms with Crippen LogP contribution in [0.3, 0.4) is 0 Å². The number of carboxylic acid groups (broad SMARTS) is 1. The molecule has 1 N–H and O–H groups in total. The fraction of sp³-hybridized carbons (Fsp3) is 0.100. The smallest absolute Gasteiger partial charge is 0.339 e. The summed E-state index contributed by atoms with van der Waals surface area (Å²) in [4.78, 5) is 10.7. The largest absolute Gasteiger partial charge is 0.487 e. The number of ether oxygens (including phenoxy) is 1. The third kappa shape index (κ3) is 4.58. The van der Waals surface area contributed by atoms with E-state index in [1.807, 2.05) is 0 Å². The Bertz CT molecular complexity index is 624. The van der Waals surface area contributed by atoms with Crippen LogP contribution < -0.4 is 4.74 Å². The second-order valence-electron chi connectivity index (χ2n) is 3.25. The highest BCUT2D eigenvalue weighted by molar-refractivity contribution is 8.13. The van der Waals surface area contributed by atoms with Crippen molar-refractivity contribution < 1.29 is 23.1 Å². The molecule has 0 aromatic heterocycles. The first-order valence-electron chi connectivity index (χ1n) is 4.65. The van der Waals surface area contributed by atoms with Crippen LogP contribution >= 0.6 is 33.9 Å². The highest BCUT2D eigenvalue weighted by Crippen LogP contribution is 2.25. The summed E-state index contributed by atoms with van der Waals surface area (Å²) in [6, 6.07) is 3.21. The molecule has 0 aliphatic carbocycles. The summed E-state index contributed by atoms with van der Waals surface area (Å²) in [5.41, 5.74) is 0.723. The number of rotatable bonds is 5. The molecule has 19 heavy (non-hydrogen) atoms. The van der Waals surface area contributed by atoms with Crippen molar-refractivity contribution in [2.24, 2.45) is 0 Å². The van der Waals surface area contributed by atoms with E-state index in [0.717, 1.165) is 17.7 Å². The predicted molar refractivity (Wildman–Crippen MR) is 71.7 cm³/mol. The van der Waals surface area contributed by atoms with Gasteiger partial charge < -0.3 is 9.84 Å². The van der Waals surface area contributed by atoms with Crippen molar-refractivity contribution in [2.45, 2.75) is 4.90 Å². The van der Waals surface area contributed by atoms with Gasteiger partial charge in [0.05, 0.1) is 9.93 Å². The van der Waals surface area contributed by atoms with Gasteiger partial charge in [-0.25, -0.2) is 13.2 Å². The maximum absolute atomic E-state index is 11.1. The van der Waals surface area contributed by atoms with Gasteiger partial charge >= 0.3 is 5.97 Å². The second kappa shape index (κ2) is 6.47. The van der Waals surface area contributed by atoms with E-state index >= 15 is 0 Å². The van der Waals surface area contributed by atoms with Crippen molar-refractivity contribution in [3.8, 4) is 5.75 Å². The molecule has 0 saturated carbocycles. The fourth-order valence-electron chi connectivity index (χ4n) is 1.13. The van der Waals surface area contributed by atoms with Gasteiger partial charge in [-0.1, -0.05) is 23.2 Å². The van der Waals surface area contributed by atoms with E-state index in [1.165, 1.54) is 6.07 Å². The van der Waals surface area contributed by atoms with Crippen LogP contribution in [0.1, 0.15) is 10.4 Å². The zero-order valence-corrected chi connectivity index (χ0v) is 12.2. The Labute approximate surface area is 123 Å². The van der Waals surface area contributed by atoms with E-state index in [9.17, 15) is 13.2 Å². The Hall–Kier alpha value is -0.950. The molecule has 0 atom stereocenters.